The fourth-order valence-corrected chi connectivity index (χ4v) is 5.83. The summed E-state index contributed by atoms with van der Waals surface area (Å²) in [5, 5.41) is 2.76. The van der Waals surface area contributed by atoms with Gasteiger partial charge in [0.05, 0.1) is 19.2 Å². The zero-order chi connectivity index (χ0) is 21.1. The molecular weight excluding hydrogens is 402 g/mol. The number of aromatic amines is 1. The van der Waals surface area contributed by atoms with Crippen LogP contribution in [-0.2, 0) is 21.3 Å². The number of methoxy groups -OCH3 is 1. The number of hydrogen-bond donors (Lipinski definition) is 2. The lowest BCUT2D eigenvalue weighted by atomic mass is 10.1. The largest absolute Gasteiger partial charge is 0.465 e. The number of aryl methyl sites for hydroxylation is 1. The molecule has 1 amide bonds. The number of sulfonamides is 1. The zero-order valence-corrected chi connectivity index (χ0v) is 18.2. The summed E-state index contributed by atoms with van der Waals surface area (Å²) in [6, 6.07) is 3.24. The Morgan fingerprint density at radius 1 is 1.21 bits per heavy atom. The van der Waals surface area contributed by atoms with E-state index in [-0.39, 0.29) is 22.4 Å². The van der Waals surface area contributed by atoms with Gasteiger partial charge in [-0.2, -0.15) is 4.31 Å². The molecule has 8 nitrogen and oxygen atoms in total. The second-order valence-corrected chi connectivity index (χ2v) is 9.44. The lowest BCUT2D eigenvalue weighted by Crippen LogP contribution is -2.30. The predicted molar refractivity (Wildman–Crippen MR) is 107 cm³/mol. The van der Waals surface area contributed by atoms with Crippen LogP contribution in [0, 0.1) is 13.8 Å². The third-order valence-corrected chi connectivity index (χ3v) is 8.02. The van der Waals surface area contributed by atoms with Crippen LogP contribution in [0.15, 0.2) is 16.3 Å². The Kier molecular flexibility index (Phi) is 7.02. The molecule has 0 aliphatic heterocycles. The van der Waals surface area contributed by atoms with E-state index < -0.39 is 16.0 Å². The van der Waals surface area contributed by atoms with E-state index in [1.807, 2.05) is 0 Å². The number of carbonyl (C=O) groups excluding carboxylic acids is 2. The highest BCUT2D eigenvalue weighted by Gasteiger charge is 2.24. The normalized spacial score (nSPS) is 11.6. The Balaban J connectivity index is 2.13. The van der Waals surface area contributed by atoms with E-state index >= 15 is 0 Å². The standard InChI is InChI=1S/C18H25N3O5S2/c1-6-21(7-2)28(24,25)14-9-8-13(27-14)10-19-17(22)16-11(3)15(12(4)20-16)18(23)26-5/h8-9,20H,6-7,10H2,1-5H3,(H,19,22). The smallest absolute Gasteiger partial charge is 0.339 e. The molecule has 154 valence electrons. The molecule has 0 bridgehead atoms. The maximum Gasteiger partial charge on any atom is 0.339 e. The van der Waals surface area contributed by atoms with Crippen molar-refractivity contribution in [2.24, 2.45) is 0 Å². The highest BCUT2D eigenvalue weighted by Crippen LogP contribution is 2.25. The molecule has 0 fully saturated rings. The molecule has 0 aliphatic rings. The molecule has 0 spiro atoms. The Bertz CT molecular complexity index is 972. The van der Waals surface area contributed by atoms with Crippen LogP contribution in [0.5, 0.6) is 0 Å². The number of nitrogens with one attached hydrogen (secondary N) is 2. The van der Waals surface area contributed by atoms with Crippen LogP contribution in [0.2, 0.25) is 0 Å². The molecule has 2 aromatic heterocycles. The number of rotatable bonds is 8. The molecule has 0 aromatic carbocycles. The first-order valence-corrected chi connectivity index (χ1v) is 11.1. The van der Waals surface area contributed by atoms with E-state index in [1.54, 1.807) is 39.8 Å². The van der Waals surface area contributed by atoms with Gasteiger partial charge in [0.1, 0.15) is 9.90 Å². The third-order valence-electron chi connectivity index (χ3n) is 4.41. The number of amides is 1. The van der Waals surface area contributed by atoms with Crippen molar-refractivity contribution >= 4 is 33.2 Å². The SMILES string of the molecule is CCN(CC)S(=O)(=O)c1ccc(CNC(=O)c2[nH]c(C)c(C(=O)OC)c2C)s1. The number of esters is 1. The number of nitrogens with zero attached hydrogens (tertiary/aromatic N) is 1. The molecule has 0 atom stereocenters. The molecule has 10 heteroatoms. The molecule has 0 unspecified atom stereocenters. The molecule has 0 saturated heterocycles. The number of thiophene rings is 1. The van der Waals surface area contributed by atoms with E-state index in [1.165, 1.54) is 11.4 Å². The molecule has 2 rings (SSSR count). The van der Waals surface area contributed by atoms with Gasteiger partial charge in [-0.15, -0.1) is 11.3 Å². The lowest BCUT2D eigenvalue weighted by molar-refractivity contribution is 0.0599. The van der Waals surface area contributed by atoms with E-state index in [0.717, 1.165) is 11.3 Å². The lowest BCUT2D eigenvalue weighted by Gasteiger charge is -2.16. The number of ether oxygens (including phenoxy) is 1. The van der Waals surface area contributed by atoms with E-state index in [9.17, 15) is 18.0 Å². The van der Waals surface area contributed by atoms with Crippen molar-refractivity contribution in [2.75, 3.05) is 20.2 Å². The van der Waals surface area contributed by atoms with Crippen LogP contribution in [-0.4, -0.2) is 49.8 Å². The maximum atomic E-state index is 12.5. The second-order valence-electron chi connectivity index (χ2n) is 6.11. The fourth-order valence-electron chi connectivity index (χ4n) is 2.92. The van der Waals surface area contributed by atoms with Gasteiger partial charge in [0, 0.05) is 23.7 Å². The molecule has 2 N–H and O–H groups in total. The van der Waals surface area contributed by atoms with E-state index in [0.29, 0.717) is 34.8 Å². The van der Waals surface area contributed by atoms with Gasteiger partial charge in [-0.1, -0.05) is 13.8 Å². The Morgan fingerprint density at radius 3 is 2.43 bits per heavy atom. The van der Waals surface area contributed by atoms with E-state index in [2.05, 4.69) is 10.3 Å². The summed E-state index contributed by atoms with van der Waals surface area (Å²) in [6.07, 6.45) is 0. The first-order valence-electron chi connectivity index (χ1n) is 8.81. The van der Waals surface area contributed by atoms with E-state index in [4.69, 9.17) is 4.74 Å². The average molecular weight is 428 g/mol. The van der Waals surface area contributed by atoms with Crippen LogP contribution < -0.4 is 5.32 Å². The van der Waals surface area contributed by atoms with Crippen LogP contribution in [0.1, 0.15) is 50.8 Å². The first kappa shape index (κ1) is 22.1. The Hall–Kier alpha value is -2.17. The molecule has 0 saturated carbocycles. The summed E-state index contributed by atoms with van der Waals surface area (Å²) in [4.78, 5) is 28.0. The number of aromatic nitrogens is 1. The Labute approximate surface area is 168 Å². The molecule has 0 radical (unpaired) electrons. The molecule has 2 heterocycles. The van der Waals surface area contributed by atoms with Gasteiger partial charge in [-0.3, -0.25) is 4.79 Å². The quantitative estimate of drug-likeness (QED) is 0.629. The average Bonchev–Trinajstić information content (AvgIpc) is 3.25. The van der Waals surface area contributed by atoms with Gasteiger partial charge in [0.15, 0.2) is 0 Å². The summed E-state index contributed by atoms with van der Waals surface area (Å²) in [7, 11) is -2.22. The van der Waals surface area contributed by atoms with Gasteiger partial charge in [0.2, 0.25) is 0 Å². The van der Waals surface area contributed by atoms with Crippen molar-refractivity contribution < 1.29 is 22.7 Å². The van der Waals surface area contributed by atoms with Gasteiger partial charge in [-0.05, 0) is 31.5 Å². The van der Waals surface area contributed by atoms with Crippen molar-refractivity contribution in [3.63, 3.8) is 0 Å². The number of H-pyrrole nitrogens is 1. The van der Waals surface area contributed by atoms with Crippen molar-refractivity contribution in [1.82, 2.24) is 14.6 Å². The molecular formula is C18H25N3O5S2. The van der Waals surface area contributed by atoms with Crippen LogP contribution in [0.3, 0.4) is 0 Å². The van der Waals surface area contributed by atoms with Crippen molar-refractivity contribution in [2.45, 2.75) is 38.4 Å². The van der Waals surface area contributed by atoms with Gasteiger partial charge >= 0.3 is 5.97 Å². The van der Waals surface area contributed by atoms with Gasteiger partial charge < -0.3 is 15.0 Å². The van der Waals surface area contributed by atoms with Crippen molar-refractivity contribution in [1.29, 1.82) is 0 Å². The summed E-state index contributed by atoms with van der Waals surface area (Å²) >= 11 is 1.13. The number of hydrogen-bond acceptors (Lipinski definition) is 6. The molecule has 0 aliphatic carbocycles. The predicted octanol–water partition coefficient (Wildman–Crippen LogP) is 2.44. The minimum absolute atomic E-state index is 0.183. The van der Waals surface area contributed by atoms with Crippen LogP contribution in [0.25, 0.3) is 0 Å². The van der Waals surface area contributed by atoms with Crippen molar-refractivity contribution in [3.8, 4) is 0 Å². The highest BCUT2D eigenvalue weighted by atomic mass is 32.2. The summed E-state index contributed by atoms with van der Waals surface area (Å²) in [5.41, 5.74) is 1.69. The topological polar surface area (TPSA) is 109 Å². The molecule has 28 heavy (non-hydrogen) atoms. The minimum atomic E-state index is -3.51. The van der Waals surface area contributed by atoms with Gasteiger partial charge in [0.25, 0.3) is 15.9 Å². The maximum absolute atomic E-state index is 12.5. The first-order chi connectivity index (χ1) is 13.2. The van der Waals surface area contributed by atoms with Crippen molar-refractivity contribution in [3.05, 3.63) is 39.5 Å². The fraction of sp³-hybridized carbons (Fsp3) is 0.444. The van der Waals surface area contributed by atoms with Crippen LogP contribution in [0.4, 0.5) is 0 Å². The summed E-state index contributed by atoms with van der Waals surface area (Å²) < 4.78 is 31.5. The zero-order valence-electron chi connectivity index (χ0n) is 16.6. The number of carbonyl (C=O) groups is 2. The van der Waals surface area contributed by atoms with Crippen LogP contribution >= 0.6 is 11.3 Å². The summed E-state index contributed by atoms with van der Waals surface area (Å²) in [5.74, 6) is -0.882. The molecule has 2 aromatic rings. The minimum Gasteiger partial charge on any atom is -0.465 e. The third kappa shape index (κ3) is 4.29. The van der Waals surface area contributed by atoms with Gasteiger partial charge in [-0.25, -0.2) is 13.2 Å². The second kappa shape index (κ2) is 8.89. The Morgan fingerprint density at radius 2 is 1.86 bits per heavy atom. The summed E-state index contributed by atoms with van der Waals surface area (Å²) in [6.45, 7) is 7.93. The monoisotopic (exact) mass is 427 g/mol. The highest BCUT2D eigenvalue weighted by molar-refractivity contribution is 7.91.